The van der Waals surface area contributed by atoms with Gasteiger partial charge in [-0.15, -0.1) is 0 Å². The number of carbonyl (C=O) groups is 1. The summed E-state index contributed by atoms with van der Waals surface area (Å²) < 4.78 is 1.60. The number of nitrogens with zero attached hydrogens (tertiary/aromatic N) is 4. The average Bonchev–Trinajstić information content (AvgIpc) is 2.93. The maximum absolute atomic E-state index is 13.4. The summed E-state index contributed by atoms with van der Waals surface area (Å²) in [6.45, 7) is 7.94. The van der Waals surface area contributed by atoms with Gasteiger partial charge in [-0.1, -0.05) is 91.5 Å². The predicted molar refractivity (Wildman–Crippen MR) is 152 cm³/mol. The zero-order chi connectivity index (χ0) is 26.2. The van der Waals surface area contributed by atoms with E-state index < -0.39 is 0 Å². The van der Waals surface area contributed by atoms with Gasteiger partial charge in [0.15, 0.2) is 5.16 Å². The maximum atomic E-state index is 13.4. The predicted octanol–water partition coefficient (Wildman–Crippen LogP) is 4.41. The highest BCUT2D eigenvalue weighted by Crippen LogP contribution is 2.26. The van der Waals surface area contributed by atoms with E-state index in [1.807, 2.05) is 67.3 Å². The molecular formula is C30H36N4O2S. The van der Waals surface area contributed by atoms with Gasteiger partial charge in [-0.3, -0.25) is 19.1 Å². The molecule has 0 saturated carbocycles. The molecule has 1 atom stereocenters. The summed E-state index contributed by atoms with van der Waals surface area (Å²) in [5, 5.41) is 0.339. The molecule has 7 heteroatoms. The van der Waals surface area contributed by atoms with Crippen molar-refractivity contribution in [3.05, 3.63) is 99.5 Å². The van der Waals surface area contributed by atoms with E-state index in [1.54, 1.807) is 11.6 Å². The molecule has 3 aromatic rings. The number of amides is 1. The Labute approximate surface area is 224 Å². The van der Waals surface area contributed by atoms with Crippen LogP contribution in [0.25, 0.3) is 6.08 Å². The lowest BCUT2D eigenvalue weighted by atomic mass is 10.1. The fourth-order valence-corrected chi connectivity index (χ4v) is 5.63. The van der Waals surface area contributed by atoms with Crippen molar-refractivity contribution in [1.82, 2.24) is 19.4 Å². The Morgan fingerprint density at radius 2 is 1.68 bits per heavy atom. The summed E-state index contributed by atoms with van der Waals surface area (Å²) in [5.41, 5.74) is 3.67. The minimum atomic E-state index is -0.262. The molecule has 1 aliphatic rings. The topological polar surface area (TPSA) is 58.4 Å². The van der Waals surface area contributed by atoms with Crippen LogP contribution >= 0.6 is 11.8 Å². The number of carbonyl (C=O) groups excluding carboxylic acids is 1. The van der Waals surface area contributed by atoms with Crippen molar-refractivity contribution in [2.75, 3.05) is 32.7 Å². The number of hydrogen-bond acceptors (Lipinski definition) is 5. The molecule has 0 spiro atoms. The number of benzene rings is 2. The summed E-state index contributed by atoms with van der Waals surface area (Å²) in [7, 11) is 1.75. The van der Waals surface area contributed by atoms with Gasteiger partial charge in [-0.2, -0.15) is 0 Å². The Morgan fingerprint density at radius 1 is 1.03 bits per heavy atom. The van der Waals surface area contributed by atoms with Gasteiger partial charge in [0, 0.05) is 57.4 Å². The molecule has 37 heavy (non-hydrogen) atoms. The lowest BCUT2D eigenvalue weighted by Gasteiger charge is -2.35. The van der Waals surface area contributed by atoms with E-state index >= 15 is 0 Å². The lowest BCUT2D eigenvalue weighted by Crippen LogP contribution is -2.50. The fourth-order valence-electron chi connectivity index (χ4n) is 4.53. The third-order valence-corrected chi connectivity index (χ3v) is 8.22. The van der Waals surface area contributed by atoms with Crippen LogP contribution in [0.1, 0.15) is 35.7 Å². The Balaban J connectivity index is 1.35. The second-order valence-corrected chi connectivity index (χ2v) is 10.6. The highest BCUT2D eigenvalue weighted by Gasteiger charge is 2.28. The van der Waals surface area contributed by atoms with Crippen LogP contribution in [-0.4, -0.2) is 63.2 Å². The zero-order valence-corrected chi connectivity index (χ0v) is 22.8. The quantitative estimate of drug-likeness (QED) is 0.312. The molecule has 0 bridgehead atoms. The second-order valence-electron chi connectivity index (χ2n) is 9.44. The van der Waals surface area contributed by atoms with Crippen LogP contribution in [0.4, 0.5) is 0 Å². The molecule has 1 amide bonds. The first-order chi connectivity index (χ1) is 18.0. The van der Waals surface area contributed by atoms with Crippen LogP contribution in [0.15, 0.2) is 76.7 Å². The third kappa shape index (κ3) is 6.99. The molecule has 1 aliphatic heterocycles. The minimum absolute atomic E-state index is 0.0432. The van der Waals surface area contributed by atoms with Gasteiger partial charge in [0.25, 0.3) is 5.56 Å². The molecule has 1 saturated heterocycles. The first kappa shape index (κ1) is 26.9. The van der Waals surface area contributed by atoms with Crippen molar-refractivity contribution in [1.29, 1.82) is 0 Å². The number of piperazine rings is 1. The van der Waals surface area contributed by atoms with Crippen LogP contribution in [-0.2, 0) is 18.3 Å². The van der Waals surface area contributed by atoms with Gasteiger partial charge in [0.1, 0.15) is 0 Å². The Bertz CT molecular complexity index is 1270. The normalized spacial score (nSPS) is 15.3. The number of hydrogen-bond donors (Lipinski definition) is 0. The highest BCUT2D eigenvalue weighted by atomic mass is 32.2. The third-order valence-electron chi connectivity index (χ3n) is 6.82. The maximum Gasteiger partial charge on any atom is 0.257 e. The van der Waals surface area contributed by atoms with Crippen LogP contribution in [0.5, 0.6) is 0 Å². The van der Waals surface area contributed by atoms with E-state index in [0.29, 0.717) is 23.6 Å². The summed E-state index contributed by atoms with van der Waals surface area (Å²) in [5.74, 6) is 0.132. The van der Waals surface area contributed by atoms with Crippen LogP contribution in [0.3, 0.4) is 0 Å². The molecule has 2 heterocycles. The van der Waals surface area contributed by atoms with Crippen molar-refractivity contribution >= 4 is 23.7 Å². The van der Waals surface area contributed by atoms with Crippen LogP contribution in [0.2, 0.25) is 0 Å². The van der Waals surface area contributed by atoms with Crippen LogP contribution in [0, 0.1) is 6.92 Å². The lowest BCUT2D eigenvalue weighted by molar-refractivity contribution is -0.132. The average molecular weight is 517 g/mol. The molecule has 6 nitrogen and oxygen atoms in total. The molecule has 1 unspecified atom stereocenters. The van der Waals surface area contributed by atoms with E-state index in [-0.39, 0.29) is 16.7 Å². The summed E-state index contributed by atoms with van der Waals surface area (Å²) in [4.78, 5) is 35.7. The molecule has 1 aromatic heterocycles. The molecule has 4 rings (SSSR count). The summed E-state index contributed by atoms with van der Waals surface area (Å²) >= 11 is 1.41. The molecular weight excluding hydrogens is 480 g/mol. The molecule has 0 aliphatic carbocycles. The van der Waals surface area contributed by atoms with Gasteiger partial charge in [0.2, 0.25) is 5.91 Å². The zero-order valence-electron chi connectivity index (χ0n) is 22.0. The number of aromatic nitrogens is 2. The Hall–Kier alpha value is -3.16. The van der Waals surface area contributed by atoms with E-state index in [4.69, 9.17) is 4.98 Å². The number of rotatable bonds is 9. The monoisotopic (exact) mass is 516 g/mol. The standard InChI is InChI=1S/C30H36N4O2S/c1-4-27(29(36)34-20-18-33(19-21-34)17-11-16-24-12-7-5-8-13-24)37-30-31-23(2)26(28(35)32(30)3)22-25-14-9-6-10-15-25/h5-16,27H,4,17-22H2,1-3H3/b16-11+. The fraction of sp³-hybridized carbons (Fsp3) is 0.367. The molecule has 1 fully saturated rings. The Morgan fingerprint density at radius 3 is 2.32 bits per heavy atom. The van der Waals surface area contributed by atoms with Gasteiger partial charge in [0.05, 0.1) is 5.25 Å². The first-order valence-corrected chi connectivity index (χ1v) is 13.8. The molecule has 0 N–H and O–H groups in total. The minimum Gasteiger partial charge on any atom is -0.339 e. The summed E-state index contributed by atoms with van der Waals surface area (Å²) in [6.07, 6.45) is 5.57. The number of aryl methyl sites for hydroxylation is 1. The Kier molecular flexibility index (Phi) is 9.36. The van der Waals surface area contributed by atoms with Gasteiger partial charge in [-0.25, -0.2) is 4.98 Å². The van der Waals surface area contributed by atoms with Gasteiger partial charge >= 0.3 is 0 Å². The van der Waals surface area contributed by atoms with E-state index in [0.717, 1.165) is 44.0 Å². The number of thioether (sulfide) groups is 1. The van der Waals surface area contributed by atoms with E-state index in [9.17, 15) is 9.59 Å². The van der Waals surface area contributed by atoms with Crippen molar-refractivity contribution < 1.29 is 4.79 Å². The van der Waals surface area contributed by atoms with Gasteiger partial charge in [-0.05, 0) is 24.5 Å². The largest absolute Gasteiger partial charge is 0.339 e. The first-order valence-electron chi connectivity index (χ1n) is 13.0. The van der Waals surface area contributed by atoms with Crippen molar-refractivity contribution in [2.45, 2.75) is 37.1 Å². The van der Waals surface area contributed by atoms with Crippen molar-refractivity contribution in [3.63, 3.8) is 0 Å². The molecule has 0 radical (unpaired) electrons. The smallest absolute Gasteiger partial charge is 0.257 e. The second kappa shape index (κ2) is 12.9. The SMILES string of the molecule is CCC(Sc1nc(C)c(Cc2ccccc2)c(=O)n1C)C(=O)N1CCN(C/C=C/c2ccccc2)CC1. The highest BCUT2D eigenvalue weighted by molar-refractivity contribution is 8.00. The van der Waals surface area contributed by atoms with Crippen molar-refractivity contribution in [3.8, 4) is 0 Å². The molecule has 2 aromatic carbocycles. The van der Waals surface area contributed by atoms with Crippen molar-refractivity contribution in [2.24, 2.45) is 7.05 Å². The van der Waals surface area contributed by atoms with E-state index in [2.05, 4.69) is 29.2 Å². The summed E-state index contributed by atoms with van der Waals surface area (Å²) in [6, 6.07) is 20.3. The van der Waals surface area contributed by atoms with E-state index in [1.165, 1.54) is 17.3 Å². The van der Waals surface area contributed by atoms with Gasteiger partial charge < -0.3 is 4.90 Å². The van der Waals surface area contributed by atoms with Crippen LogP contribution < -0.4 is 5.56 Å². The molecule has 194 valence electrons.